The molecule has 0 fully saturated rings. The van der Waals surface area contributed by atoms with Crippen LogP contribution in [0.25, 0.3) is 11.5 Å². The van der Waals surface area contributed by atoms with Crippen LogP contribution in [0.1, 0.15) is 0 Å². The molecule has 0 aliphatic carbocycles. The van der Waals surface area contributed by atoms with Gasteiger partial charge in [0.25, 0.3) is 0 Å². The zero-order valence-corrected chi connectivity index (χ0v) is 14.9. The maximum absolute atomic E-state index is 7.13. The second-order valence-electron chi connectivity index (χ2n) is 3.25. The first-order valence-electron chi connectivity index (χ1n) is 4.73. The minimum Gasteiger partial charge on any atom is -0.698 e. The van der Waals surface area contributed by atoms with Crippen molar-refractivity contribution in [3.8, 4) is 0 Å². The quantitative estimate of drug-likeness (QED) is 0.454. The summed E-state index contributed by atoms with van der Waals surface area (Å²) in [4.78, 5) is 0. The Hall–Kier alpha value is 0.460. The first kappa shape index (κ1) is 19.5. The normalized spacial score (nSPS) is 9.05. The average molecular weight is 362 g/mol. The average Bonchev–Trinajstić information content (AvgIpc) is 2.30. The van der Waals surface area contributed by atoms with Crippen LogP contribution in [0.2, 0.25) is 20.1 Å². The van der Waals surface area contributed by atoms with Gasteiger partial charge in [0.05, 0.1) is 0 Å². The summed E-state index contributed by atoms with van der Waals surface area (Å²) in [5, 5.41) is 1.91. The standard InChI is InChI=1S/2C6H4Cl2N.Ca/c2*7-4-1-2-6(9)5(8)3-4;/h2*1-3,9H;/q2*-1;+2. The zero-order valence-electron chi connectivity index (χ0n) is 9.68. The van der Waals surface area contributed by atoms with Gasteiger partial charge in [0, 0.05) is 20.1 Å². The minimum atomic E-state index is 0. The van der Waals surface area contributed by atoms with E-state index >= 15 is 0 Å². The van der Waals surface area contributed by atoms with Crippen LogP contribution in [0.4, 0.5) is 11.4 Å². The molecule has 0 spiro atoms. The second kappa shape index (κ2) is 9.41. The maximum Gasteiger partial charge on any atom is 2.00 e. The Kier molecular flexibility index (Phi) is 9.63. The predicted octanol–water partition coefficient (Wildman–Crippen LogP) is 6.97. The Bertz CT molecular complexity index is 500. The van der Waals surface area contributed by atoms with Crippen molar-refractivity contribution in [3.05, 3.63) is 68.0 Å². The van der Waals surface area contributed by atoms with Crippen LogP contribution in [-0.4, -0.2) is 37.7 Å². The third-order valence-corrected chi connectivity index (χ3v) is 2.96. The molecular formula is C12H8CaCl4N2. The molecule has 19 heavy (non-hydrogen) atoms. The molecule has 2 aromatic carbocycles. The fourth-order valence-corrected chi connectivity index (χ4v) is 1.80. The van der Waals surface area contributed by atoms with Crippen LogP contribution in [0.15, 0.2) is 36.4 Å². The molecule has 7 heteroatoms. The maximum atomic E-state index is 7.13. The molecule has 2 N–H and O–H groups in total. The third-order valence-electron chi connectivity index (χ3n) is 1.86. The number of nitrogens with one attached hydrogen (secondary N) is 2. The Balaban J connectivity index is 0.000000324. The zero-order chi connectivity index (χ0) is 13.7. The number of hydrogen-bond acceptors (Lipinski definition) is 0. The summed E-state index contributed by atoms with van der Waals surface area (Å²) in [5.41, 5.74) is 14.9. The number of hydrogen-bond donors (Lipinski definition) is 0. The minimum absolute atomic E-state index is 0. The van der Waals surface area contributed by atoms with E-state index in [1.807, 2.05) is 0 Å². The molecule has 0 amide bonds. The summed E-state index contributed by atoms with van der Waals surface area (Å²) in [6.07, 6.45) is 0. The Morgan fingerprint density at radius 2 is 0.947 bits per heavy atom. The molecule has 2 aromatic rings. The predicted molar refractivity (Wildman–Crippen MR) is 86.6 cm³/mol. The first-order valence-corrected chi connectivity index (χ1v) is 6.24. The van der Waals surface area contributed by atoms with E-state index in [0.717, 1.165) is 0 Å². The van der Waals surface area contributed by atoms with Crippen molar-refractivity contribution >= 4 is 95.5 Å². The Labute approximate surface area is 162 Å². The third kappa shape index (κ3) is 7.14. The van der Waals surface area contributed by atoms with Gasteiger partial charge < -0.3 is 11.5 Å². The largest absolute Gasteiger partial charge is 2.00 e. The first-order chi connectivity index (χ1) is 8.40. The molecule has 0 atom stereocenters. The smallest absolute Gasteiger partial charge is 0.698 e. The number of benzene rings is 2. The molecule has 0 saturated carbocycles. The summed E-state index contributed by atoms with van der Waals surface area (Å²) < 4.78 is 0. The molecular weight excluding hydrogens is 354 g/mol. The fourth-order valence-electron chi connectivity index (χ4n) is 0.979. The SMILES string of the molecule is [Ca+2].[NH-]c1ccc(Cl)cc1Cl.[NH-]c1ccc(Cl)cc1Cl. The summed E-state index contributed by atoms with van der Waals surface area (Å²) in [6.45, 7) is 0. The van der Waals surface area contributed by atoms with Gasteiger partial charge in [-0.2, -0.15) is 0 Å². The van der Waals surface area contributed by atoms with Crippen LogP contribution in [0, 0.1) is 0 Å². The van der Waals surface area contributed by atoms with Crippen molar-refractivity contribution in [2.24, 2.45) is 0 Å². The van der Waals surface area contributed by atoms with E-state index < -0.39 is 0 Å². The van der Waals surface area contributed by atoms with Gasteiger partial charge in [0.1, 0.15) is 0 Å². The molecule has 0 saturated heterocycles. The van der Waals surface area contributed by atoms with Crippen LogP contribution in [0.3, 0.4) is 0 Å². The van der Waals surface area contributed by atoms with Gasteiger partial charge in [-0.1, -0.05) is 58.5 Å². The van der Waals surface area contributed by atoms with E-state index in [9.17, 15) is 0 Å². The van der Waals surface area contributed by atoms with Gasteiger partial charge in [-0.3, -0.25) is 0 Å². The number of halogens is 4. The topological polar surface area (TPSA) is 47.6 Å². The summed E-state index contributed by atoms with van der Waals surface area (Å²) in [7, 11) is 0. The molecule has 0 unspecified atom stereocenters. The van der Waals surface area contributed by atoms with Crippen LogP contribution in [-0.2, 0) is 0 Å². The van der Waals surface area contributed by atoms with Crippen LogP contribution < -0.4 is 0 Å². The van der Waals surface area contributed by atoms with Crippen LogP contribution >= 0.6 is 46.4 Å². The molecule has 0 aliphatic heterocycles. The Morgan fingerprint density at radius 3 is 1.16 bits per heavy atom. The molecule has 0 heterocycles. The molecule has 0 radical (unpaired) electrons. The van der Waals surface area contributed by atoms with E-state index in [0.29, 0.717) is 31.5 Å². The molecule has 2 nitrogen and oxygen atoms in total. The summed E-state index contributed by atoms with van der Waals surface area (Å²) >= 11 is 22.2. The molecule has 0 aromatic heterocycles. The monoisotopic (exact) mass is 360 g/mol. The number of rotatable bonds is 0. The van der Waals surface area contributed by atoms with Gasteiger partial charge in [0.2, 0.25) is 0 Å². The molecule has 0 aliphatic rings. The van der Waals surface area contributed by atoms with Crippen molar-refractivity contribution < 1.29 is 0 Å². The molecule has 2 rings (SSSR count). The van der Waals surface area contributed by atoms with Gasteiger partial charge in [-0.15, -0.1) is 11.4 Å². The summed E-state index contributed by atoms with van der Waals surface area (Å²) in [6, 6.07) is 9.48. The van der Waals surface area contributed by atoms with Crippen molar-refractivity contribution in [2.75, 3.05) is 0 Å². The van der Waals surface area contributed by atoms with E-state index in [4.69, 9.17) is 57.9 Å². The van der Waals surface area contributed by atoms with Gasteiger partial charge in [-0.25, -0.2) is 0 Å². The van der Waals surface area contributed by atoms with E-state index in [1.54, 1.807) is 36.4 Å². The van der Waals surface area contributed by atoms with Crippen molar-refractivity contribution in [1.82, 2.24) is 0 Å². The van der Waals surface area contributed by atoms with Crippen molar-refractivity contribution in [3.63, 3.8) is 0 Å². The fraction of sp³-hybridized carbons (Fsp3) is 0. The van der Waals surface area contributed by atoms with Crippen molar-refractivity contribution in [1.29, 1.82) is 0 Å². The van der Waals surface area contributed by atoms with Gasteiger partial charge in [-0.05, 0) is 24.3 Å². The van der Waals surface area contributed by atoms with Crippen LogP contribution in [0.5, 0.6) is 0 Å². The van der Waals surface area contributed by atoms with Gasteiger partial charge >= 0.3 is 37.7 Å². The van der Waals surface area contributed by atoms with E-state index in [-0.39, 0.29) is 37.7 Å². The van der Waals surface area contributed by atoms with E-state index in [2.05, 4.69) is 0 Å². The van der Waals surface area contributed by atoms with Gasteiger partial charge in [0.15, 0.2) is 0 Å². The second-order valence-corrected chi connectivity index (χ2v) is 4.94. The molecule has 0 bridgehead atoms. The molecule has 96 valence electrons. The Morgan fingerprint density at radius 1 is 0.632 bits per heavy atom. The van der Waals surface area contributed by atoms with E-state index in [1.165, 1.54) is 0 Å². The van der Waals surface area contributed by atoms with Crippen molar-refractivity contribution in [2.45, 2.75) is 0 Å². The summed E-state index contributed by atoms with van der Waals surface area (Å²) in [5.74, 6) is 0.